The molecule has 67 heavy (non-hydrogen) atoms. The molecule has 1 aliphatic carbocycles. The number of urea groups is 1. The number of aryl methyl sites for hydroxylation is 1. The molecule has 2 aromatic carbocycles. The van der Waals surface area contributed by atoms with Gasteiger partial charge in [0.2, 0.25) is 20.4 Å². The predicted octanol–water partition coefficient (Wildman–Crippen LogP) is 6.49. The molecular formula is C49H66N8O8SSi. The molecule has 360 valence electrons. The normalized spacial score (nSPS) is 22.2. The Morgan fingerprint density at radius 1 is 1.07 bits per heavy atom. The van der Waals surface area contributed by atoms with Crippen molar-refractivity contribution in [2.45, 2.75) is 103 Å². The number of carbonyl (C=O) groups excluding carboxylic acids is 4. The van der Waals surface area contributed by atoms with E-state index >= 15 is 0 Å². The van der Waals surface area contributed by atoms with Crippen molar-refractivity contribution >= 4 is 53.0 Å². The number of esters is 1. The highest BCUT2D eigenvalue weighted by Gasteiger charge is 2.42. The van der Waals surface area contributed by atoms with Crippen molar-refractivity contribution in [3.63, 3.8) is 0 Å². The maximum absolute atomic E-state index is 14.9. The van der Waals surface area contributed by atoms with Gasteiger partial charge in [-0.2, -0.15) is 0 Å². The first-order chi connectivity index (χ1) is 32.0. The number of rotatable bonds is 8. The molecule has 16 nitrogen and oxygen atoms in total. The number of methoxy groups -OCH3 is 1. The van der Waals surface area contributed by atoms with Crippen LogP contribution in [0.5, 0.6) is 5.75 Å². The van der Waals surface area contributed by atoms with E-state index in [0.29, 0.717) is 37.9 Å². The third kappa shape index (κ3) is 10.3. The summed E-state index contributed by atoms with van der Waals surface area (Å²) < 4.78 is 34.7. The SMILES string of the molecule is CCn1c(-c2cccnc2[C@H](C)OC)c2c3cc(ccc31)-c1cc(O)cc(c1)C[Si@H](NC(=O)[C@H](C1CCCC1)N(C)C(=O)N1CCS(=N)(=O)CC1)C(=O)N1CCC[C@H](N1)C(=O)OCC(C)(C)C2. The molecule has 1 saturated carbocycles. The van der Waals surface area contributed by atoms with Crippen molar-refractivity contribution in [3.05, 3.63) is 71.5 Å². The van der Waals surface area contributed by atoms with E-state index in [9.17, 15) is 28.5 Å². The van der Waals surface area contributed by atoms with Crippen molar-refractivity contribution in [1.82, 2.24) is 34.8 Å². The fraction of sp³-hybridized carbons (Fsp3) is 0.531. The minimum atomic E-state index is -3.11. The second kappa shape index (κ2) is 19.7. The maximum atomic E-state index is 14.9. The van der Waals surface area contributed by atoms with E-state index in [4.69, 9.17) is 19.2 Å². The van der Waals surface area contributed by atoms with Crippen LogP contribution in [-0.2, 0) is 47.8 Å². The zero-order chi connectivity index (χ0) is 47.8. The van der Waals surface area contributed by atoms with Crippen LogP contribution < -0.4 is 10.4 Å². The van der Waals surface area contributed by atoms with E-state index in [1.54, 1.807) is 37.4 Å². The Balaban J connectivity index is 1.21. The van der Waals surface area contributed by atoms with Gasteiger partial charge in [0, 0.05) is 89.6 Å². The lowest BCUT2D eigenvalue weighted by Crippen LogP contribution is -2.64. The molecule has 0 spiro atoms. The number of nitrogens with zero attached hydrogens (tertiary/aromatic N) is 5. The van der Waals surface area contributed by atoms with Crippen LogP contribution >= 0.6 is 0 Å². The number of fused-ring (bicyclic) bond motifs is 6. The fourth-order valence-electron chi connectivity index (χ4n) is 10.6. The van der Waals surface area contributed by atoms with E-state index < -0.39 is 48.1 Å². The Morgan fingerprint density at radius 3 is 2.54 bits per heavy atom. The molecular weight excluding hydrogens is 889 g/mol. The minimum Gasteiger partial charge on any atom is -0.508 e. The molecule has 3 aliphatic heterocycles. The molecule has 18 heteroatoms. The number of hydrogen-bond donors (Lipinski definition) is 4. The molecule has 4 N–H and O–H groups in total. The fourth-order valence-corrected chi connectivity index (χ4v) is 14.0. The van der Waals surface area contributed by atoms with Crippen molar-refractivity contribution < 1.29 is 38.0 Å². The number of benzene rings is 2. The quantitative estimate of drug-likeness (QED) is 0.112. The van der Waals surface area contributed by atoms with Crippen LogP contribution in [0.2, 0.25) is 0 Å². The lowest BCUT2D eigenvalue weighted by molar-refractivity contribution is -0.151. The van der Waals surface area contributed by atoms with Crippen molar-refractivity contribution in [3.8, 4) is 28.1 Å². The number of cyclic esters (lactones) is 1. The first-order valence-corrected chi connectivity index (χ1v) is 27.6. The molecule has 3 fully saturated rings. The largest absolute Gasteiger partial charge is 0.508 e. The van der Waals surface area contributed by atoms with Gasteiger partial charge in [0.05, 0.1) is 24.1 Å². The monoisotopic (exact) mass is 954 g/mol. The second-order valence-electron chi connectivity index (χ2n) is 19.6. The zero-order valence-electron chi connectivity index (χ0n) is 39.6. The number of phenolic OH excluding ortho intramolecular Hbond substituents is 1. The molecule has 2 aromatic heterocycles. The van der Waals surface area contributed by atoms with Gasteiger partial charge in [-0.05, 0) is 117 Å². The van der Waals surface area contributed by atoms with Gasteiger partial charge in [-0.1, -0.05) is 38.8 Å². The highest BCUT2D eigenvalue weighted by Crippen LogP contribution is 2.42. The molecule has 6 bridgehead atoms. The summed E-state index contributed by atoms with van der Waals surface area (Å²) in [5.41, 5.74) is 9.42. The lowest BCUT2D eigenvalue weighted by atomic mass is 9.84. The number of amides is 4. The maximum Gasteiger partial charge on any atom is 0.324 e. The van der Waals surface area contributed by atoms with Crippen LogP contribution in [0.25, 0.3) is 33.3 Å². The third-order valence-corrected chi connectivity index (χ3v) is 18.3. The van der Waals surface area contributed by atoms with E-state index in [1.807, 2.05) is 25.1 Å². The Kier molecular flexibility index (Phi) is 14.2. The average molecular weight is 955 g/mol. The number of aromatic hydroxyl groups is 1. The number of nitrogens with one attached hydrogen (secondary N) is 3. The predicted molar refractivity (Wildman–Crippen MR) is 260 cm³/mol. The second-order valence-corrected chi connectivity index (χ2v) is 24.4. The zero-order valence-corrected chi connectivity index (χ0v) is 41.6. The van der Waals surface area contributed by atoms with Gasteiger partial charge in [-0.25, -0.2) is 14.4 Å². The summed E-state index contributed by atoms with van der Waals surface area (Å²) in [7, 11) is -2.57. The van der Waals surface area contributed by atoms with Gasteiger partial charge in [0.15, 0.2) is 0 Å². The lowest BCUT2D eigenvalue weighted by Gasteiger charge is -2.38. The van der Waals surface area contributed by atoms with Crippen LogP contribution in [0.3, 0.4) is 0 Å². The Morgan fingerprint density at radius 2 is 1.82 bits per heavy atom. The standard InChI is InChI=1S/C49H66N8O8SSi/c1-7-56-41-17-16-34-27-38(41)39(44(56)37-14-10-18-51-42(37)31(2)64-6)28-49(3,4)30-65-46(60)40-15-11-19-57(52-40)48(62)67(29-32-24-35(34)26-36(58)25-32)53-45(59)43(33-12-8-9-13-33)54(5)47(61)55-20-22-66(50,63)23-21-55/h10,14,16-18,24-27,31,33,40,43,50,52,58,67H,7-9,11-13,15,19-23,28-30H2,1-6H3,(H,53,59)/t31-,40-,43-,67-/m0/s1. The summed E-state index contributed by atoms with van der Waals surface area (Å²) in [5, 5.41) is 13.9. The van der Waals surface area contributed by atoms with Crippen LogP contribution in [0.15, 0.2) is 54.7 Å². The van der Waals surface area contributed by atoms with E-state index in [1.165, 1.54) is 9.91 Å². The Labute approximate surface area is 395 Å². The molecule has 0 unspecified atom stereocenters. The average Bonchev–Trinajstić information content (AvgIpc) is 3.95. The van der Waals surface area contributed by atoms with E-state index in [2.05, 4.69) is 53.9 Å². The smallest absolute Gasteiger partial charge is 0.324 e. The highest BCUT2D eigenvalue weighted by molar-refractivity contribution is 7.92. The summed E-state index contributed by atoms with van der Waals surface area (Å²) in [4.78, 5) is 68.7. The van der Waals surface area contributed by atoms with Crippen LogP contribution in [0, 0.1) is 16.1 Å². The molecule has 4 amide bonds. The summed E-state index contributed by atoms with van der Waals surface area (Å²) in [5.74, 6) is -0.839. The number of carbonyl (C=O) groups is 4. The molecule has 4 atom stereocenters. The summed E-state index contributed by atoms with van der Waals surface area (Å²) >= 11 is 0. The van der Waals surface area contributed by atoms with Gasteiger partial charge >= 0.3 is 12.0 Å². The van der Waals surface area contributed by atoms with Gasteiger partial charge < -0.3 is 33.9 Å². The number of likely N-dealkylation sites (N-methyl/N-ethyl adjacent to an activating group) is 1. The minimum absolute atomic E-state index is 0.0153. The van der Waals surface area contributed by atoms with Gasteiger partial charge in [0.1, 0.15) is 17.8 Å². The Hall–Kier alpha value is -5.30. The van der Waals surface area contributed by atoms with Crippen molar-refractivity contribution in [1.29, 1.82) is 4.78 Å². The molecule has 0 radical (unpaired) electrons. The van der Waals surface area contributed by atoms with Gasteiger partial charge in [-0.15, -0.1) is 0 Å². The number of phenols is 1. The van der Waals surface area contributed by atoms with Crippen molar-refractivity contribution in [2.24, 2.45) is 11.3 Å². The molecule has 2 saturated heterocycles. The molecule has 4 aromatic rings. The van der Waals surface area contributed by atoms with E-state index in [-0.39, 0.29) is 66.6 Å². The molecule has 5 heterocycles. The summed E-state index contributed by atoms with van der Waals surface area (Å²) in [6, 6.07) is 13.7. The van der Waals surface area contributed by atoms with Crippen LogP contribution in [-0.4, -0.2) is 130 Å². The Bertz CT molecular complexity index is 2640. The number of hydrazine groups is 1. The first kappa shape index (κ1) is 48.2. The van der Waals surface area contributed by atoms with E-state index in [0.717, 1.165) is 70.2 Å². The summed E-state index contributed by atoms with van der Waals surface area (Å²) in [6.45, 7) is 9.70. The number of pyridine rings is 1. The van der Waals surface area contributed by atoms with Crippen molar-refractivity contribution in [2.75, 3.05) is 51.9 Å². The number of aromatic nitrogens is 2. The number of ether oxygens (including phenoxy) is 2. The van der Waals surface area contributed by atoms with Gasteiger partial charge in [0.25, 0.3) is 0 Å². The number of hydrogen-bond acceptors (Lipinski definition) is 11. The first-order valence-electron chi connectivity index (χ1n) is 23.7. The van der Waals surface area contributed by atoms with Crippen LogP contribution in [0.1, 0.15) is 89.1 Å². The molecule has 8 rings (SSSR count). The topological polar surface area (TPSA) is 199 Å². The highest BCUT2D eigenvalue weighted by atomic mass is 32.2. The molecule has 4 aliphatic rings. The van der Waals surface area contributed by atoms with Crippen LogP contribution in [0.4, 0.5) is 9.59 Å². The third-order valence-electron chi connectivity index (χ3n) is 14.2. The summed E-state index contributed by atoms with van der Waals surface area (Å²) in [6.07, 6.45) is 6.34. The van der Waals surface area contributed by atoms with Gasteiger partial charge in [-0.3, -0.25) is 29.2 Å².